The quantitative estimate of drug-likeness (QED) is 0.211. The Morgan fingerprint density at radius 3 is 1.09 bits per heavy atom. The van der Waals surface area contributed by atoms with Gasteiger partial charge >= 0.3 is 0 Å². The van der Waals surface area contributed by atoms with Gasteiger partial charge in [-0.2, -0.15) is 0 Å². The minimum absolute atomic E-state index is 0.128. The van der Waals surface area contributed by atoms with E-state index in [0.29, 0.717) is 39.8 Å². The summed E-state index contributed by atoms with van der Waals surface area (Å²) in [6.07, 6.45) is 0.691. The molecule has 0 amide bonds. The fraction of sp³-hybridized carbons (Fsp3) is 0.385. The molecular weight excluding hydrogens is 564 g/mol. The largest absolute Gasteiger partial charge is 0.507 e. The van der Waals surface area contributed by atoms with Gasteiger partial charge in [0.05, 0.1) is 39.6 Å². The molecule has 5 rings (SSSR count). The van der Waals surface area contributed by atoms with Gasteiger partial charge in [0, 0.05) is 33.4 Å². The van der Waals surface area contributed by atoms with Crippen molar-refractivity contribution < 1.29 is 29.5 Å². The Hall–Kier alpha value is -3.84. The lowest BCUT2D eigenvalue weighted by Gasteiger charge is -2.24. The Morgan fingerprint density at radius 2 is 0.778 bits per heavy atom. The van der Waals surface area contributed by atoms with Crippen LogP contribution in [0.5, 0.6) is 17.2 Å². The van der Waals surface area contributed by atoms with Gasteiger partial charge in [-0.05, 0) is 75.9 Å². The number of aromatic hydroxyl groups is 3. The lowest BCUT2D eigenvalue weighted by atomic mass is 9.84. The van der Waals surface area contributed by atoms with Gasteiger partial charge in [-0.15, -0.1) is 0 Å². The minimum Gasteiger partial charge on any atom is -0.507 e. The van der Waals surface area contributed by atoms with Gasteiger partial charge in [0.25, 0.3) is 0 Å². The minimum atomic E-state index is -0.165. The summed E-state index contributed by atoms with van der Waals surface area (Å²) in [5.41, 5.74) is 7.90. The number of hydrogen-bond acceptors (Lipinski definition) is 6. The van der Waals surface area contributed by atoms with Gasteiger partial charge in [-0.25, -0.2) is 0 Å². The SMILES string of the molecule is CC(C)(C)c1cc2c(O)c(c1)COCc1cc(C(C)(C)C)cc(c1O)COCc1cc(Cc3ccccc3)cc(c1O)COC2. The van der Waals surface area contributed by atoms with Crippen LogP contribution in [0.25, 0.3) is 0 Å². The van der Waals surface area contributed by atoms with Gasteiger partial charge in [0.2, 0.25) is 0 Å². The van der Waals surface area contributed by atoms with Crippen molar-refractivity contribution in [3.8, 4) is 17.2 Å². The van der Waals surface area contributed by atoms with E-state index < -0.39 is 0 Å². The summed E-state index contributed by atoms with van der Waals surface area (Å²) in [5, 5.41) is 33.9. The first-order chi connectivity index (χ1) is 21.3. The molecule has 0 saturated carbocycles. The second kappa shape index (κ2) is 13.3. The number of phenols is 3. The van der Waals surface area contributed by atoms with Crippen LogP contribution >= 0.6 is 0 Å². The normalized spacial score (nSPS) is 14.9. The number of fused-ring (bicyclic) bond motifs is 6. The summed E-state index contributed by atoms with van der Waals surface area (Å²) in [7, 11) is 0. The van der Waals surface area contributed by atoms with E-state index in [9.17, 15) is 15.3 Å². The van der Waals surface area contributed by atoms with Gasteiger partial charge in [0.1, 0.15) is 17.2 Å². The molecule has 1 heterocycles. The van der Waals surface area contributed by atoms with Gasteiger partial charge in [-0.1, -0.05) is 71.9 Å². The highest BCUT2D eigenvalue weighted by atomic mass is 16.5. The molecular formula is C39H46O6. The standard InChI is InChI=1S/C39H46O6/c1-38(2,3)33-15-29-21-43-19-27-13-26(12-25-10-8-7-9-11-25)14-28(35(27)40)20-44-22-30-16-34(39(4,5)6)18-32(37(30)42)24-45-23-31(17-33)36(29)41/h7-11,13-18,40-42H,12,19-24H2,1-6H3. The number of phenolic OH excluding ortho intramolecular Hbond substituents is 3. The highest BCUT2D eigenvalue weighted by Gasteiger charge is 2.22. The molecule has 6 bridgehead atoms. The van der Waals surface area contributed by atoms with Crippen molar-refractivity contribution in [2.75, 3.05) is 0 Å². The van der Waals surface area contributed by atoms with E-state index in [1.54, 1.807) is 0 Å². The van der Waals surface area contributed by atoms with Gasteiger partial charge < -0.3 is 29.5 Å². The Morgan fingerprint density at radius 1 is 0.467 bits per heavy atom. The van der Waals surface area contributed by atoms with Crippen LogP contribution in [0.1, 0.15) is 97.2 Å². The smallest absolute Gasteiger partial charge is 0.126 e. The first kappa shape index (κ1) is 32.6. The maximum atomic E-state index is 11.3. The average molecular weight is 611 g/mol. The molecule has 0 saturated heterocycles. The summed E-state index contributed by atoms with van der Waals surface area (Å²) in [4.78, 5) is 0. The lowest BCUT2D eigenvalue weighted by Crippen LogP contribution is -2.14. The molecule has 238 valence electrons. The third-order valence-electron chi connectivity index (χ3n) is 8.39. The lowest BCUT2D eigenvalue weighted by molar-refractivity contribution is 0.0928. The number of rotatable bonds is 2. The molecule has 6 nitrogen and oxygen atoms in total. The van der Waals surface area contributed by atoms with E-state index in [2.05, 4.69) is 53.7 Å². The van der Waals surface area contributed by atoms with Crippen LogP contribution < -0.4 is 0 Å². The van der Waals surface area contributed by atoms with Crippen molar-refractivity contribution in [3.63, 3.8) is 0 Å². The van der Waals surface area contributed by atoms with E-state index >= 15 is 0 Å². The fourth-order valence-electron chi connectivity index (χ4n) is 5.62. The molecule has 3 N–H and O–H groups in total. The van der Waals surface area contributed by atoms with E-state index in [1.807, 2.05) is 54.6 Å². The van der Waals surface area contributed by atoms with Crippen LogP contribution in [-0.4, -0.2) is 15.3 Å². The zero-order valence-corrected chi connectivity index (χ0v) is 27.4. The maximum Gasteiger partial charge on any atom is 0.126 e. The van der Waals surface area contributed by atoms with Crippen LogP contribution in [0.2, 0.25) is 0 Å². The number of benzene rings is 4. The molecule has 1 aliphatic rings. The molecule has 0 aliphatic carbocycles. The van der Waals surface area contributed by atoms with E-state index in [4.69, 9.17) is 14.2 Å². The molecule has 4 aromatic rings. The second-order valence-electron chi connectivity index (χ2n) is 14.2. The first-order valence-corrected chi connectivity index (χ1v) is 15.6. The summed E-state index contributed by atoms with van der Waals surface area (Å²) in [5.74, 6) is 0.394. The Labute approximate surface area is 267 Å². The zero-order valence-electron chi connectivity index (χ0n) is 27.4. The van der Waals surface area contributed by atoms with Crippen LogP contribution in [0.3, 0.4) is 0 Å². The van der Waals surface area contributed by atoms with Crippen molar-refractivity contribution in [1.82, 2.24) is 0 Å². The Kier molecular flexibility index (Phi) is 9.59. The second-order valence-corrected chi connectivity index (χ2v) is 14.2. The van der Waals surface area contributed by atoms with E-state index in [1.165, 1.54) is 0 Å². The first-order valence-electron chi connectivity index (χ1n) is 15.6. The monoisotopic (exact) mass is 610 g/mol. The third-order valence-corrected chi connectivity index (χ3v) is 8.39. The Bertz CT molecular complexity index is 1540. The highest BCUT2D eigenvalue weighted by molar-refractivity contribution is 5.48. The molecule has 4 aromatic carbocycles. The fourth-order valence-corrected chi connectivity index (χ4v) is 5.62. The summed E-state index contributed by atoms with van der Waals surface area (Å²) < 4.78 is 18.4. The van der Waals surface area contributed by atoms with E-state index in [0.717, 1.165) is 22.3 Å². The van der Waals surface area contributed by atoms with Gasteiger partial charge in [-0.3, -0.25) is 0 Å². The van der Waals surface area contributed by atoms with Crippen molar-refractivity contribution in [1.29, 1.82) is 0 Å². The summed E-state index contributed by atoms with van der Waals surface area (Å²) in [6.45, 7) is 13.7. The van der Waals surface area contributed by atoms with Crippen LogP contribution in [0.15, 0.2) is 66.7 Å². The zero-order chi connectivity index (χ0) is 32.4. The summed E-state index contributed by atoms with van der Waals surface area (Å²) >= 11 is 0. The average Bonchev–Trinajstić information content (AvgIpc) is 2.97. The predicted molar refractivity (Wildman–Crippen MR) is 176 cm³/mol. The van der Waals surface area contributed by atoms with Crippen LogP contribution in [0.4, 0.5) is 0 Å². The van der Waals surface area contributed by atoms with E-state index in [-0.39, 0.29) is 67.7 Å². The highest BCUT2D eigenvalue weighted by Crippen LogP contribution is 2.36. The molecule has 45 heavy (non-hydrogen) atoms. The molecule has 1 aliphatic heterocycles. The number of ether oxygens (including phenoxy) is 3. The van der Waals surface area contributed by atoms with Crippen LogP contribution in [0, 0.1) is 0 Å². The summed E-state index contributed by atoms with van der Waals surface area (Å²) in [6, 6.07) is 22.1. The van der Waals surface area contributed by atoms with Crippen molar-refractivity contribution in [3.05, 3.63) is 122 Å². The predicted octanol–water partition coefficient (Wildman–Crippen LogP) is 8.45. The molecule has 0 unspecified atom stereocenters. The molecule has 0 atom stereocenters. The molecule has 0 spiro atoms. The topological polar surface area (TPSA) is 88.4 Å². The molecule has 0 aromatic heterocycles. The molecule has 0 fully saturated rings. The van der Waals surface area contributed by atoms with Gasteiger partial charge in [0.15, 0.2) is 0 Å². The third kappa shape index (κ3) is 7.88. The van der Waals surface area contributed by atoms with Crippen molar-refractivity contribution >= 4 is 0 Å². The van der Waals surface area contributed by atoms with Crippen molar-refractivity contribution in [2.45, 2.75) is 98.4 Å². The van der Waals surface area contributed by atoms with Crippen LogP contribution in [-0.2, 0) is 71.1 Å². The number of hydrogen-bond donors (Lipinski definition) is 3. The molecule has 6 heteroatoms. The van der Waals surface area contributed by atoms with Crippen molar-refractivity contribution in [2.24, 2.45) is 0 Å². The maximum absolute atomic E-state index is 11.3. The Balaban J connectivity index is 1.57. The molecule has 0 radical (unpaired) electrons.